The molecule has 0 aliphatic carbocycles. The number of aryl methyl sites for hydroxylation is 2. The molecule has 0 atom stereocenters. The molecule has 0 radical (unpaired) electrons. The molecular formula is C18H24NO2+. The Balaban J connectivity index is 1.99. The first-order chi connectivity index (χ1) is 10.0. The number of benzene rings is 1. The third-order valence-corrected chi connectivity index (χ3v) is 4.68. The summed E-state index contributed by atoms with van der Waals surface area (Å²) >= 11 is 0. The van der Waals surface area contributed by atoms with Crippen molar-refractivity contribution in [3.8, 4) is 0 Å². The molecule has 1 N–H and O–H groups in total. The Bertz CT molecular complexity index is 709. The zero-order valence-corrected chi connectivity index (χ0v) is 13.2. The zero-order chi connectivity index (χ0) is 15.0. The van der Waals surface area contributed by atoms with E-state index in [0.717, 1.165) is 34.6 Å². The normalized spacial score (nSPS) is 22.6. The van der Waals surface area contributed by atoms with Crippen LogP contribution < -0.4 is 10.5 Å². The molecule has 1 fully saturated rings. The van der Waals surface area contributed by atoms with E-state index >= 15 is 0 Å². The van der Waals surface area contributed by atoms with Crippen molar-refractivity contribution in [3.05, 3.63) is 45.3 Å². The Hall–Kier alpha value is -1.61. The predicted molar refractivity (Wildman–Crippen MR) is 84.8 cm³/mol. The van der Waals surface area contributed by atoms with Crippen molar-refractivity contribution in [1.29, 1.82) is 0 Å². The Labute approximate surface area is 125 Å². The van der Waals surface area contributed by atoms with Gasteiger partial charge in [0.1, 0.15) is 12.1 Å². The van der Waals surface area contributed by atoms with Crippen molar-refractivity contribution in [3.63, 3.8) is 0 Å². The number of rotatable bonds is 2. The minimum Gasteiger partial charge on any atom is -0.422 e. The smallest absolute Gasteiger partial charge is 0.336 e. The number of fused-ring (bicyclic) bond motifs is 1. The van der Waals surface area contributed by atoms with E-state index in [1.54, 1.807) is 11.0 Å². The van der Waals surface area contributed by atoms with Crippen LogP contribution in [0.2, 0.25) is 0 Å². The van der Waals surface area contributed by atoms with Crippen LogP contribution >= 0.6 is 0 Å². The first-order valence-electron chi connectivity index (χ1n) is 7.90. The summed E-state index contributed by atoms with van der Waals surface area (Å²) in [4.78, 5) is 13.4. The number of likely N-dealkylation sites (tertiary alicyclic amines) is 1. The molecule has 1 saturated heterocycles. The lowest BCUT2D eigenvalue weighted by Crippen LogP contribution is -3.11. The van der Waals surface area contributed by atoms with Gasteiger partial charge in [0.25, 0.3) is 0 Å². The zero-order valence-electron chi connectivity index (χ0n) is 13.2. The topological polar surface area (TPSA) is 34.6 Å². The van der Waals surface area contributed by atoms with Gasteiger partial charge in [0.15, 0.2) is 0 Å². The predicted octanol–water partition coefficient (Wildman–Crippen LogP) is 2.22. The quantitative estimate of drug-likeness (QED) is 0.859. The molecule has 21 heavy (non-hydrogen) atoms. The third-order valence-electron chi connectivity index (χ3n) is 4.68. The molecule has 112 valence electrons. The third kappa shape index (κ3) is 3.03. The van der Waals surface area contributed by atoms with Crippen molar-refractivity contribution in [1.82, 2.24) is 0 Å². The summed E-state index contributed by atoms with van der Waals surface area (Å²) in [6, 6.07) is 5.91. The Morgan fingerprint density at radius 3 is 2.62 bits per heavy atom. The van der Waals surface area contributed by atoms with Gasteiger partial charge in [-0.2, -0.15) is 0 Å². The molecule has 1 aliphatic rings. The van der Waals surface area contributed by atoms with Gasteiger partial charge in [-0.3, -0.25) is 0 Å². The van der Waals surface area contributed by atoms with Crippen molar-refractivity contribution >= 4 is 11.0 Å². The second kappa shape index (κ2) is 5.64. The Morgan fingerprint density at radius 1 is 1.19 bits per heavy atom. The van der Waals surface area contributed by atoms with Crippen LogP contribution in [0, 0.1) is 19.8 Å². The van der Waals surface area contributed by atoms with E-state index in [9.17, 15) is 4.79 Å². The van der Waals surface area contributed by atoms with Crippen LogP contribution in [0.3, 0.4) is 0 Å². The van der Waals surface area contributed by atoms with Crippen LogP contribution in [0.1, 0.15) is 36.5 Å². The SMILES string of the molecule is Cc1cc(C)c2oc(=O)cc(C[NH+]3CCC(C)CC3)c2c1. The highest BCUT2D eigenvalue weighted by Gasteiger charge is 2.20. The Morgan fingerprint density at radius 2 is 1.90 bits per heavy atom. The van der Waals surface area contributed by atoms with Crippen LogP contribution in [0.25, 0.3) is 11.0 Å². The molecule has 1 aliphatic heterocycles. The maximum absolute atomic E-state index is 11.9. The summed E-state index contributed by atoms with van der Waals surface area (Å²) in [5.74, 6) is 0.843. The van der Waals surface area contributed by atoms with Gasteiger partial charge in [-0.25, -0.2) is 4.79 Å². The second-order valence-corrected chi connectivity index (χ2v) is 6.66. The minimum absolute atomic E-state index is 0.228. The summed E-state index contributed by atoms with van der Waals surface area (Å²) in [7, 11) is 0. The van der Waals surface area contributed by atoms with Crippen molar-refractivity contribution in [2.45, 2.75) is 40.2 Å². The molecule has 2 heterocycles. The molecule has 3 rings (SSSR count). The molecule has 0 spiro atoms. The number of piperidine rings is 1. The Kier molecular flexibility index (Phi) is 3.85. The molecule has 0 saturated carbocycles. The van der Waals surface area contributed by atoms with Gasteiger partial charge in [0.05, 0.1) is 13.1 Å². The summed E-state index contributed by atoms with van der Waals surface area (Å²) in [6.45, 7) is 9.77. The number of nitrogens with one attached hydrogen (secondary N) is 1. The number of hydrogen-bond acceptors (Lipinski definition) is 2. The van der Waals surface area contributed by atoms with Gasteiger partial charge < -0.3 is 9.32 Å². The van der Waals surface area contributed by atoms with Crippen LogP contribution in [0.5, 0.6) is 0 Å². The second-order valence-electron chi connectivity index (χ2n) is 6.66. The lowest BCUT2D eigenvalue weighted by molar-refractivity contribution is -0.919. The van der Waals surface area contributed by atoms with Crippen LogP contribution in [-0.2, 0) is 6.54 Å². The average Bonchev–Trinajstić information content (AvgIpc) is 2.43. The van der Waals surface area contributed by atoms with E-state index in [0.29, 0.717) is 0 Å². The molecule has 3 heteroatoms. The summed E-state index contributed by atoms with van der Waals surface area (Å²) in [5, 5.41) is 1.11. The van der Waals surface area contributed by atoms with E-state index in [1.165, 1.54) is 31.5 Å². The summed E-state index contributed by atoms with van der Waals surface area (Å²) in [5.41, 5.74) is 3.93. The number of hydrogen-bond donors (Lipinski definition) is 1. The fraction of sp³-hybridized carbons (Fsp3) is 0.500. The summed E-state index contributed by atoms with van der Waals surface area (Å²) in [6.07, 6.45) is 2.57. The van der Waals surface area contributed by atoms with Crippen molar-refractivity contribution < 1.29 is 9.32 Å². The highest BCUT2D eigenvalue weighted by molar-refractivity contribution is 5.83. The first-order valence-corrected chi connectivity index (χ1v) is 7.90. The maximum atomic E-state index is 11.9. The highest BCUT2D eigenvalue weighted by atomic mass is 16.4. The maximum Gasteiger partial charge on any atom is 0.336 e. The van der Waals surface area contributed by atoms with Gasteiger partial charge in [-0.1, -0.05) is 13.0 Å². The lowest BCUT2D eigenvalue weighted by Gasteiger charge is -2.27. The number of quaternary nitrogens is 1. The van der Waals surface area contributed by atoms with Crippen LogP contribution in [-0.4, -0.2) is 13.1 Å². The minimum atomic E-state index is -0.228. The van der Waals surface area contributed by atoms with E-state index in [-0.39, 0.29) is 5.63 Å². The standard InChI is InChI=1S/C18H23NO2/c1-12-4-6-19(7-5-12)11-15-10-17(20)21-18-14(3)8-13(2)9-16(15)18/h8-10,12H,4-7,11H2,1-3H3/p+1. The molecular weight excluding hydrogens is 262 g/mol. The van der Waals surface area contributed by atoms with Gasteiger partial charge in [0, 0.05) is 17.0 Å². The first kappa shape index (κ1) is 14.3. The van der Waals surface area contributed by atoms with Crippen molar-refractivity contribution in [2.24, 2.45) is 5.92 Å². The van der Waals surface area contributed by atoms with E-state index in [2.05, 4.69) is 26.0 Å². The van der Waals surface area contributed by atoms with Gasteiger partial charge in [-0.15, -0.1) is 0 Å². The molecule has 1 aromatic carbocycles. The molecule has 2 aromatic rings. The molecule has 0 unspecified atom stereocenters. The van der Waals surface area contributed by atoms with E-state index < -0.39 is 0 Å². The van der Waals surface area contributed by atoms with E-state index in [1.807, 2.05) is 6.92 Å². The van der Waals surface area contributed by atoms with Gasteiger partial charge in [0.2, 0.25) is 0 Å². The van der Waals surface area contributed by atoms with Gasteiger partial charge in [-0.05, 0) is 49.8 Å². The van der Waals surface area contributed by atoms with Crippen LogP contribution in [0.15, 0.2) is 27.4 Å². The monoisotopic (exact) mass is 286 g/mol. The largest absolute Gasteiger partial charge is 0.422 e. The lowest BCUT2D eigenvalue weighted by atomic mass is 9.98. The molecule has 3 nitrogen and oxygen atoms in total. The van der Waals surface area contributed by atoms with Crippen molar-refractivity contribution in [2.75, 3.05) is 13.1 Å². The van der Waals surface area contributed by atoms with E-state index in [4.69, 9.17) is 4.42 Å². The van der Waals surface area contributed by atoms with Gasteiger partial charge >= 0.3 is 5.63 Å². The fourth-order valence-corrected chi connectivity index (χ4v) is 3.44. The molecule has 1 aromatic heterocycles. The average molecular weight is 286 g/mol. The highest BCUT2D eigenvalue weighted by Crippen LogP contribution is 2.22. The molecule has 0 amide bonds. The van der Waals surface area contributed by atoms with Crippen LogP contribution in [0.4, 0.5) is 0 Å². The summed E-state index contributed by atoms with van der Waals surface area (Å²) < 4.78 is 5.43. The fourth-order valence-electron chi connectivity index (χ4n) is 3.44. The molecule has 0 bridgehead atoms.